The second-order valence-electron chi connectivity index (χ2n) is 13.8. The molecule has 3 heterocycles. The SMILES string of the molecule is Cc1cc(S(=O)(=O)O)cc2c1N(CCCCCC(=O)O)/C(=C/C=C/C=C/C1=Nc3c(cc(Br)c[n+]3CCCCCC(=O)O)C1(C)C)C2(C)C. The number of rotatable bonds is 16. The second-order valence-corrected chi connectivity index (χ2v) is 16.1. The Bertz CT molecular complexity index is 1840. The number of allylic oxidation sites excluding steroid dienone is 6. The number of pyridine rings is 1. The number of carboxylic acids is 2. The zero-order valence-electron chi connectivity index (χ0n) is 28.9. The number of carboxylic acid groups (broad SMARTS) is 2. The Morgan fingerprint density at radius 1 is 0.898 bits per heavy atom. The standard InChI is InChI=1S/C37H46BrN3O7S/c1-25-21-27(49(46,47)48)23-28-34(25)41(20-14-8-12-18-33(44)45)31(37(28,4)5)16-10-6-9-15-30-36(2,3)29-22-26(38)24-40(35(29)39-30)19-13-7-11-17-32(42)43/h6,9-10,15-16,21-24H,7-8,11-14,17-20H2,1-5H3,(H2-,42,43,44,45,46,47,48)/p+1. The number of hydrogen-bond acceptors (Lipinski definition) is 6. The summed E-state index contributed by atoms with van der Waals surface area (Å²) in [6, 6.07) is 5.15. The molecule has 49 heavy (non-hydrogen) atoms. The Hall–Kier alpha value is -3.61. The van der Waals surface area contributed by atoms with Crippen molar-refractivity contribution >= 4 is 55.2 Å². The molecule has 0 fully saturated rings. The third-order valence-corrected chi connectivity index (χ3v) is 10.6. The molecule has 4 rings (SSSR count). The number of aliphatic imine (C=N–C) groups is 1. The van der Waals surface area contributed by atoms with Crippen molar-refractivity contribution in [1.82, 2.24) is 0 Å². The summed E-state index contributed by atoms with van der Waals surface area (Å²) in [6.07, 6.45) is 16.6. The number of aliphatic carboxylic acids is 2. The summed E-state index contributed by atoms with van der Waals surface area (Å²) >= 11 is 3.65. The Morgan fingerprint density at radius 2 is 1.55 bits per heavy atom. The van der Waals surface area contributed by atoms with Crippen LogP contribution in [0.15, 0.2) is 74.8 Å². The van der Waals surface area contributed by atoms with Crippen molar-refractivity contribution in [3.05, 3.63) is 81.6 Å². The van der Waals surface area contributed by atoms with Gasteiger partial charge in [-0.25, -0.2) is 4.57 Å². The summed E-state index contributed by atoms with van der Waals surface area (Å²) in [7, 11) is -4.39. The smallest absolute Gasteiger partial charge is 0.327 e. The van der Waals surface area contributed by atoms with Crippen LogP contribution in [0.2, 0.25) is 0 Å². The molecule has 0 bridgehead atoms. The zero-order valence-corrected chi connectivity index (χ0v) is 31.3. The zero-order chi connectivity index (χ0) is 36.1. The monoisotopic (exact) mass is 756 g/mol. The van der Waals surface area contributed by atoms with E-state index in [1.54, 1.807) is 6.07 Å². The fourth-order valence-electron chi connectivity index (χ4n) is 6.67. The maximum atomic E-state index is 12.1. The minimum Gasteiger partial charge on any atom is -0.481 e. The minimum atomic E-state index is -4.39. The molecule has 264 valence electrons. The van der Waals surface area contributed by atoms with Gasteiger partial charge < -0.3 is 15.1 Å². The van der Waals surface area contributed by atoms with E-state index in [-0.39, 0.29) is 23.2 Å². The van der Waals surface area contributed by atoms with Crippen LogP contribution >= 0.6 is 15.9 Å². The molecule has 3 N–H and O–H groups in total. The quantitative estimate of drug-likeness (QED) is 0.0682. The van der Waals surface area contributed by atoms with E-state index < -0.39 is 27.5 Å². The molecule has 2 aromatic rings. The van der Waals surface area contributed by atoms with Gasteiger partial charge in [0, 0.05) is 36.2 Å². The van der Waals surface area contributed by atoms with Gasteiger partial charge in [0.25, 0.3) is 10.1 Å². The largest absolute Gasteiger partial charge is 0.481 e. The van der Waals surface area contributed by atoms with Crippen LogP contribution in [0.1, 0.15) is 95.8 Å². The van der Waals surface area contributed by atoms with E-state index in [4.69, 9.17) is 15.2 Å². The molecule has 2 aliphatic rings. The number of unbranched alkanes of at least 4 members (excludes halogenated alkanes) is 4. The lowest BCUT2D eigenvalue weighted by atomic mass is 9.82. The Labute approximate surface area is 297 Å². The average molecular weight is 758 g/mol. The third kappa shape index (κ3) is 8.95. The molecular weight excluding hydrogens is 710 g/mol. The molecule has 12 heteroatoms. The average Bonchev–Trinajstić information content (AvgIpc) is 3.37. The molecule has 0 spiro atoms. The number of aryl methyl sites for hydroxylation is 2. The number of nitrogens with zero attached hydrogens (tertiary/aromatic N) is 3. The van der Waals surface area contributed by atoms with Gasteiger partial charge in [-0.2, -0.15) is 8.42 Å². The summed E-state index contributed by atoms with van der Waals surface area (Å²) < 4.78 is 37.1. The normalized spacial score (nSPS) is 17.2. The van der Waals surface area contributed by atoms with Crippen LogP contribution in [0.25, 0.3) is 0 Å². The molecule has 10 nitrogen and oxygen atoms in total. The maximum absolute atomic E-state index is 12.1. The van der Waals surface area contributed by atoms with E-state index in [1.807, 2.05) is 57.3 Å². The highest BCUT2D eigenvalue weighted by Crippen LogP contribution is 2.50. The third-order valence-electron chi connectivity index (χ3n) is 9.35. The summed E-state index contributed by atoms with van der Waals surface area (Å²) in [5, 5.41) is 18.0. The summed E-state index contributed by atoms with van der Waals surface area (Å²) in [4.78, 5) is 28.9. The van der Waals surface area contributed by atoms with Gasteiger partial charge in [-0.3, -0.25) is 14.1 Å². The van der Waals surface area contributed by atoms with E-state index >= 15 is 0 Å². The summed E-state index contributed by atoms with van der Waals surface area (Å²) in [5.41, 5.74) is 4.56. The first-order valence-electron chi connectivity index (χ1n) is 16.7. The maximum Gasteiger partial charge on any atom is 0.327 e. The van der Waals surface area contributed by atoms with Crippen molar-refractivity contribution in [2.24, 2.45) is 4.99 Å². The molecule has 2 aliphatic heterocycles. The van der Waals surface area contributed by atoms with Crippen LogP contribution in [0.4, 0.5) is 11.5 Å². The van der Waals surface area contributed by atoms with Gasteiger partial charge in [0.2, 0.25) is 0 Å². The van der Waals surface area contributed by atoms with Crippen LogP contribution in [0.3, 0.4) is 0 Å². The molecule has 1 aromatic heterocycles. The van der Waals surface area contributed by atoms with E-state index in [1.165, 1.54) is 6.07 Å². The van der Waals surface area contributed by atoms with Crippen LogP contribution in [0.5, 0.6) is 0 Å². The lowest BCUT2D eigenvalue weighted by molar-refractivity contribution is -0.685. The van der Waals surface area contributed by atoms with Crippen LogP contribution < -0.4 is 9.47 Å². The summed E-state index contributed by atoms with van der Waals surface area (Å²) in [6.45, 7) is 11.6. The topological polar surface area (TPSA) is 148 Å². The Balaban J connectivity index is 1.58. The number of hydrogen-bond donors (Lipinski definition) is 3. The van der Waals surface area contributed by atoms with Gasteiger partial charge in [0.1, 0.15) is 6.20 Å². The minimum absolute atomic E-state index is 0.121. The highest BCUT2D eigenvalue weighted by atomic mass is 79.9. The van der Waals surface area contributed by atoms with Crippen LogP contribution in [-0.2, 0) is 37.1 Å². The molecule has 0 saturated heterocycles. The van der Waals surface area contributed by atoms with Crippen molar-refractivity contribution in [3.63, 3.8) is 0 Å². The molecule has 0 amide bonds. The van der Waals surface area contributed by atoms with E-state index in [9.17, 15) is 22.6 Å². The molecule has 0 saturated carbocycles. The number of anilines is 1. The van der Waals surface area contributed by atoms with Gasteiger partial charge in [0.05, 0.1) is 26.9 Å². The van der Waals surface area contributed by atoms with Gasteiger partial charge in [-0.1, -0.05) is 38.5 Å². The molecule has 0 radical (unpaired) electrons. The van der Waals surface area contributed by atoms with Gasteiger partial charge in [-0.05, 0) is 115 Å². The first-order valence-corrected chi connectivity index (χ1v) is 18.9. The number of aromatic nitrogens is 1. The molecule has 0 atom stereocenters. The highest BCUT2D eigenvalue weighted by molar-refractivity contribution is 9.10. The first kappa shape index (κ1) is 38.2. The fourth-order valence-corrected chi connectivity index (χ4v) is 7.74. The van der Waals surface area contributed by atoms with Crippen LogP contribution in [0, 0.1) is 6.92 Å². The highest BCUT2D eigenvalue weighted by Gasteiger charge is 2.43. The van der Waals surface area contributed by atoms with E-state index in [0.29, 0.717) is 19.4 Å². The van der Waals surface area contributed by atoms with E-state index in [2.05, 4.69) is 45.3 Å². The summed E-state index contributed by atoms with van der Waals surface area (Å²) in [5.74, 6) is -0.679. The lowest BCUT2D eigenvalue weighted by Crippen LogP contribution is -2.35. The van der Waals surface area contributed by atoms with Gasteiger partial charge in [0.15, 0.2) is 5.71 Å². The molecular formula is C37H47BrN3O7S+. The van der Waals surface area contributed by atoms with Crippen molar-refractivity contribution in [3.8, 4) is 0 Å². The van der Waals surface area contributed by atoms with Crippen molar-refractivity contribution in [1.29, 1.82) is 0 Å². The fraction of sp³-hybridized carbons (Fsp3) is 0.459. The van der Waals surface area contributed by atoms with Gasteiger partial charge in [-0.15, -0.1) is 0 Å². The number of fused-ring (bicyclic) bond motifs is 2. The second kappa shape index (κ2) is 15.5. The molecule has 1 aromatic carbocycles. The predicted octanol–water partition coefficient (Wildman–Crippen LogP) is 7.74. The van der Waals surface area contributed by atoms with Crippen molar-refractivity contribution in [2.45, 2.75) is 108 Å². The van der Waals surface area contributed by atoms with Crippen molar-refractivity contribution < 1.29 is 37.3 Å². The number of carbonyl (C=O) groups is 2. The Morgan fingerprint density at radius 3 is 2.18 bits per heavy atom. The van der Waals surface area contributed by atoms with Crippen molar-refractivity contribution in [2.75, 3.05) is 11.4 Å². The van der Waals surface area contributed by atoms with Gasteiger partial charge >= 0.3 is 17.8 Å². The lowest BCUT2D eigenvalue weighted by Gasteiger charge is -2.27. The predicted molar refractivity (Wildman–Crippen MR) is 194 cm³/mol. The number of benzene rings is 1. The van der Waals surface area contributed by atoms with E-state index in [0.717, 1.165) is 76.3 Å². The number of halogens is 1. The van der Waals surface area contributed by atoms with Crippen LogP contribution in [-0.4, -0.2) is 47.4 Å². The Kier molecular flexibility index (Phi) is 12.1. The first-order chi connectivity index (χ1) is 22.9. The molecule has 0 unspecified atom stereocenters. The molecule has 0 aliphatic carbocycles.